The summed E-state index contributed by atoms with van der Waals surface area (Å²) in [6.07, 6.45) is 0. The van der Waals surface area contributed by atoms with Crippen molar-refractivity contribution in [2.75, 3.05) is 20.3 Å². The van der Waals surface area contributed by atoms with Crippen LogP contribution in [0.3, 0.4) is 0 Å². The largest absolute Gasteiger partial charge is 0.493 e. The van der Waals surface area contributed by atoms with Crippen LogP contribution >= 0.6 is 0 Å². The molecule has 0 aliphatic carbocycles. The smallest absolute Gasteiger partial charge is 0.260 e. The van der Waals surface area contributed by atoms with Gasteiger partial charge in [0.05, 0.1) is 7.11 Å². The van der Waals surface area contributed by atoms with Crippen LogP contribution in [0.1, 0.15) is 12.8 Å². The number of hydrogen-bond donors (Lipinski definition) is 0. The first kappa shape index (κ1) is 18.4. The minimum atomic E-state index is -0.178. The van der Waals surface area contributed by atoms with E-state index in [1.165, 1.54) is 0 Å². The van der Waals surface area contributed by atoms with Crippen LogP contribution < -0.4 is 9.47 Å². The number of methoxy groups -OCH3 is 1. The molecule has 140 valence electrons. The molecule has 1 heterocycles. The van der Waals surface area contributed by atoms with E-state index in [1.807, 2.05) is 49.4 Å². The Morgan fingerprint density at radius 2 is 1.78 bits per heavy atom. The maximum atomic E-state index is 12.5. The second-order valence-electron chi connectivity index (χ2n) is 5.73. The second-order valence-corrected chi connectivity index (χ2v) is 5.73. The molecule has 0 saturated heterocycles. The van der Waals surface area contributed by atoms with E-state index in [2.05, 4.69) is 10.1 Å². The molecule has 0 N–H and O–H groups in total. The van der Waals surface area contributed by atoms with Crippen LogP contribution in [-0.2, 0) is 11.3 Å². The number of aromatic nitrogens is 2. The Balaban J connectivity index is 1.61. The second kappa shape index (κ2) is 8.84. The van der Waals surface area contributed by atoms with Gasteiger partial charge in [-0.15, -0.1) is 0 Å². The van der Waals surface area contributed by atoms with E-state index < -0.39 is 0 Å². The third-order valence-electron chi connectivity index (χ3n) is 3.98. The Hall–Kier alpha value is -3.35. The number of rotatable bonds is 8. The van der Waals surface area contributed by atoms with Gasteiger partial charge in [-0.1, -0.05) is 47.6 Å². The summed E-state index contributed by atoms with van der Waals surface area (Å²) in [7, 11) is 1.56. The maximum Gasteiger partial charge on any atom is 0.260 e. The lowest BCUT2D eigenvalue weighted by Gasteiger charge is -2.19. The topological polar surface area (TPSA) is 77.7 Å². The number of nitrogens with zero attached hydrogens (tertiary/aromatic N) is 3. The number of hydrogen-bond acceptors (Lipinski definition) is 6. The fourth-order valence-electron chi connectivity index (χ4n) is 2.53. The predicted molar refractivity (Wildman–Crippen MR) is 99.3 cm³/mol. The van der Waals surface area contributed by atoms with Crippen molar-refractivity contribution in [3.8, 4) is 22.9 Å². The molecule has 0 unspecified atom stereocenters. The van der Waals surface area contributed by atoms with Gasteiger partial charge in [-0.2, -0.15) is 4.98 Å². The minimum absolute atomic E-state index is 0.103. The van der Waals surface area contributed by atoms with Crippen molar-refractivity contribution >= 4 is 5.91 Å². The quantitative estimate of drug-likeness (QED) is 0.609. The lowest BCUT2D eigenvalue weighted by atomic mass is 10.2. The predicted octanol–water partition coefficient (Wildman–Crippen LogP) is 3.17. The zero-order valence-electron chi connectivity index (χ0n) is 15.3. The van der Waals surface area contributed by atoms with Crippen molar-refractivity contribution in [2.24, 2.45) is 0 Å². The molecular formula is C20H21N3O4. The average molecular weight is 367 g/mol. The third-order valence-corrected chi connectivity index (χ3v) is 3.98. The fourth-order valence-corrected chi connectivity index (χ4v) is 2.53. The SMILES string of the molecule is CCN(Cc1nc(-c2ccccc2)no1)C(=O)COc1ccccc1OC. The monoisotopic (exact) mass is 367 g/mol. The molecule has 0 radical (unpaired) electrons. The van der Waals surface area contributed by atoms with Gasteiger partial charge in [0.2, 0.25) is 11.7 Å². The summed E-state index contributed by atoms with van der Waals surface area (Å²) in [5, 5.41) is 3.98. The first-order valence-corrected chi connectivity index (χ1v) is 8.63. The summed E-state index contributed by atoms with van der Waals surface area (Å²) in [6, 6.07) is 16.7. The molecule has 0 bridgehead atoms. The highest BCUT2D eigenvalue weighted by molar-refractivity contribution is 5.77. The molecule has 2 aromatic carbocycles. The van der Waals surface area contributed by atoms with E-state index in [9.17, 15) is 4.79 Å². The van der Waals surface area contributed by atoms with E-state index in [4.69, 9.17) is 14.0 Å². The molecule has 27 heavy (non-hydrogen) atoms. The van der Waals surface area contributed by atoms with Crippen LogP contribution in [0.25, 0.3) is 11.4 Å². The van der Waals surface area contributed by atoms with Gasteiger partial charge >= 0.3 is 0 Å². The maximum absolute atomic E-state index is 12.5. The third kappa shape index (κ3) is 4.63. The number of carbonyl (C=O) groups is 1. The van der Waals surface area contributed by atoms with Crippen LogP contribution in [0.2, 0.25) is 0 Å². The molecule has 0 spiro atoms. The van der Waals surface area contributed by atoms with Gasteiger partial charge in [0.25, 0.3) is 5.91 Å². The Morgan fingerprint density at radius 3 is 2.48 bits per heavy atom. The van der Waals surface area contributed by atoms with Crippen LogP contribution in [0.5, 0.6) is 11.5 Å². The van der Waals surface area contributed by atoms with Gasteiger partial charge < -0.3 is 18.9 Å². The summed E-state index contributed by atoms with van der Waals surface area (Å²) < 4.78 is 16.1. The molecule has 0 aliphatic rings. The van der Waals surface area contributed by atoms with Gasteiger partial charge in [-0.05, 0) is 19.1 Å². The van der Waals surface area contributed by atoms with E-state index in [-0.39, 0.29) is 19.1 Å². The van der Waals surface area contributed by atoms with Gasteiger partial charge in [0.15, 0.2) is 18.1 Å². The number of likely N-dealkylation sites (N-methyl/N-ethyl adjacent to an activating group) is 1. The number of ether oxygens (including phenoxy) is 2. The molecule has 7 heteroatoms. The van der Waals surface area contributed by atoms with Crippen molar-refractivity contribution in [3.63, 3.8) is 0 Å². The number of carbonyl (C=O) groups excluding carboxylic acids is 1. The Labute approximate surface area is 157 Å². The first-order valence-electron chi connectivity index (χ1n) is 8.63. The highest BCUT2D eigenvalue weighted by Gasteiger charge is 2.18. The fraction of sp³-hybridized carbons (Fsp3) is 0.250. The molecule has 7 nitrogen and oxygen atoms in total. The summed E-state index contributed by atoms with van der Waals surface area (Å²) in [5.41, 5.74) is 0.862. The Bertz CT molecular complexity index is 880. The number of amides is 1. The van der Waals surface area contributed by atoms with E-state index in [1.54, 1.807) is 24.1 Å². The van der Waals surface area contributed by atoms with Crippen molar-refractivity contribution in [3.05, 3.63) is 60.5 Å². The Morgan fingerprint density at radius 1 is 1.07 bits per heavy atom. The van der Waals surface area contributed by atoms with Crippen LogP contribution in [0.4, 0.5) is 0 Å². The van der Waals surface area contributed by atoms with Crippen LogP contribution in [0, 0.1) is 0 Å². The molecule has 0 fully saturated rings. The lowest BCUT2D eigenvalue weighted by molar-refractivity contribution is -0.134. The summed E-state index contributed by atoms with van der Waals surface area (Å²) in [6.45, 7) is 2.50. The molecule has 0 saturated carbocycles. The van der Waals surface area contributed by atoms with Gasteiger partial charge in [-0.3, -0.25) is 4.79 Å². The van der Waals surface area contributed by atoms with Crippen molar-refractivity contribution in [2.45, 2.75) is 13.5 Å². The zero-order valence-corrected chi connectivity index (χ0v) is 15.3. The van der Waals surface area contributed by atoms with Crippen molar-refractivity contribution in [1.82, 2.24) is 15.0 Å². The van der Waals surface area contributed by atoms with E-state index in [0.29, 0.717) is 29.8 Å². The number of benzene rings is 2. The summed E-state index contributed by atoms with van der Waals surface area (Å²) in [5.74, 6) is 1.80. The summed E-state index contributed by atoms with van der Waals surface area (Å²) in [4.78, 5) is 18.5. The molecule has 3 rings (SSSR count). The van der Waals surface area contributed by atoms with Gasteiger partial charge in [0.1, 0.15) is 6.54 Å². The molecule has 1 aromatic heterocycles. The van der Waals surface area contributed by atoms with Crippen molar-refractivity contribution in [1.29, 1.82) is 0 Å². The molecule has 1 amide bonds. The Kier molecular flexibility index (Phi) is 6.04. The summed E-state index contributed by atoms with van der Waals surface area (Å²) >= 11 is 0. The molecule has 0 aliphatic heterocycles. The molecular weight excluding hydrogens is 346 g/mol. The lowest BCUT2D eigenvalue weighted by Crippen LogP contribution is -2.34. The molecule has 3 aromatic rings. The first-order chi connectivity index (χ1) is 13.2. The van der Waals surface area contributed by atoms with Gasteiger partial charge in [-0.25, -0.2) is 0 Å². The standard InChI is InChI=1S/C20H21N3O4/c1-3-23(19(24)14-26-17-12-8-7-11-16(17)25-2)13-18-21-20(22-27-18)15-9-5-4-6-10-15/h4-12H,3,13-14H2,1-2H3. The van der Waals surface area contributed by atoms with E-state index in [0.717, 1.165) is 5.56 Å². The van der Waals surface area contributed by atoms with Crippen LogP contribution in [0.15, 0.2) is 59.1 Å². The highest BCUT2D eigenvalue weighted by atomic mass is 16.5. The highest BCUT2D eigenvalue weighted by Crippen LogP contribution is 2.25. The van der Waals surface area contributed by atoms with Crippen LogP contribution in [-0.4, -0.2) is 41.2 Å². The normalized spacial score (nSPS) is 10.4. The molecule has 0 atom stereocenters. The van der Waals surface area contributed by atoms with Gasteiger partial charge in [0, 0.05) is 12.1 Å². The van der Waals surface area contributed by atoms with E-state index >= 15 is 0 Å². The zero-order chi connectivity index (χ0) is 19.1. The minimum Gasteiger partial charge on any atom is -0.493 e. The number of para-hydroxylation sites is 2. The average Bonchev–Trinajstić information content (AvgIpc) is 3.19. The van der Waals surface area contributed by atoms with Crippen molar-refractivity contribution < 1.29 is 18.8 Å².